The summed E-state index contributed by atoms with van der Waals surface area (Å²) in [5.74, 6) is 0.909. The number of hydrogen-bond donors (Lipinski definition) is 0. The van der Waals surface area contributed by atoms with Gasteiger partial charge in [0.15, 0.2) is 11.6 Å². The highest BCUT2D eigenvalue weighted by molar-refractivity contribution is 6.13. The lowest BCUT2D eigenvalue weighted by molar-refractivity contribution is 0.0893. The zero-order valence-electron chi connectivity index (χ0n) is 12.0. The molecule has 0 bridgehead atoms. The summed E-state index contributed by atoms with van der Waals surface area (Å²) in [6, 6.07) is 9.09. The van der Waals surface area contributed by atoms with Crippen molar-refractivity contribution in [3.05, 3.63) is 58.5 Å². The topological polar surface area (TPSA) is 47.3 Å². The molecule has 1 aromatic carbocycles. The predicted octanol–water partition coefficient (Wildman–Crippen LogP) is 3.91. The smallest absolute Gasteiger partial charge is 0.174 e. The zero-order chi connectivity index (χ0) is 14.7. The largest absolute Gasteiger partial charge is 0.466 e. The molecule has 0 radical (unpaired) electrons. The Morgan fingerprint density at radius 3 is 2.20 bits per heavy atom. The van der Waals surface area contributed by atoms with E-state index in [0.717, 1.165) is 6.42 Å². The molecule has 0 saturated heterocycles. The Morgan fingerprint density at radius 2 is 1.70 bits per heavy atom. The third-order valence-corrected chi connectivity index (χ3v) is 3.35. The van der Waals surface area contributed by atoms with Crippen LogP contribution in [0.15, 0.2) is 34.7 Å². The van der Waals surface area contributed by atoms with E-state index in [1.807, 2.05) is 12.1 Å². The molecule has 0 aliphatic carbocycles. The van der Waals surface area contributed by atoms with E-state index in [4.69, 9.17) is 4.42 Å². The third kappa shape index (κ3) is 3.05. The van der Waals surface area contributed by atoms with E-state index in [1.165, 1.54) is 5.56 Å². The molecule has 20 heavy (non-hydrogen) atoms. The molecule has 0 amide bonds. The van der Waals surface area contributed by atoms with E-state index < -0.39 is 0 Å². The summed E-state index contributed by atoms with van der Waals surface area (Å²) in [6.07, 6.45) is 0.812. The van der Waals surface area contributed by atoms with Crippen LogP contribution in [-0.2, 0) is 6.42 Å². The number of carbonyl (C=O) groups is 2. The number of hydrogen-bond acceptors (Lipinski definition) is 3. The Hall–Kier alpha value is -2.16. The van der Waals surface area contributed by atoms with Gasteiger partial charge >= 0.3 is 0 Å². The van der Waals surface area contributed by atoms with Crippen molar-refractivity contribution >= 4 is 11.6 Å². The molecule has 3 nitrogen and oxygen atoms in total. The number of ketones is 2. The van der Waals surface area contributed by atoms with Crippen molar-refractivity contribution in [3.8, 4) is 0 Å². The lowest BCUT2D eigenvalue weighted by Gasteiger charge is -2.02. The Bertz CT molecular complexity index is 633. The summed E-state index contributed by atoms with van der Waals surface area (Å²) < 4.78 is 5.32. The molecule has 0 aliphatic rings. The van der Waals surface area contributed by atoms with Crippen LogP contribution < -0.4 is 0 Å². The summed E-state index contributed by atoms with van der Waals surface area (Å²) in [5.41, 5.74) is 2.25. The second-order valence-electron chi connectivity index (χ2n) is 4.90. The van der Waals surface area contributed by atoms with Crippen LogP contribution >= 0.6 is 0 Å². The number of benzene rings is 1. The zero-order valence-corrected chi connectivity index (χ0v) is 12.0. The van der Waals surface area contributed by atoms with E-state index in [1.54, 1.807) is 32.0 Å². The van der Waals surface area contributed by atoms with Crippen LogP contribution in [0.1, 0.15) is 51.1 Å². The van der Waals surface area contributed by atoms with Gasteiger partial charge in [0.1, 0.15) is 11.5 Å². The molecule has 1 heterocycles. The maximum atomic E-state index is 12.1. The molecule has 1 aromatic heterocycles. The normalized spacial score (nSPS) is 10.6. The summed E-state index contributed by atoms with van der Waals surface area (Å²) in [5, 5.41) is 0. The second-order valence-corrected chi connectivity index (χ2v) is 4.90. The van der Waals surface area contributed by atoms with E-state index >= 15 is 0 Å². The van der Waals surface area contributed by atoms with Gasteiger partial charge in [-0.25, -0.2) is 0 Å². The average molecular weight is 270 g/mol. The fourth-order valence-electron chi connectivity index (χ4n) is 2.18. The first-order chi connectivity index (χ1) is 9.51. The fraction of sp³-hybridized carbons (Fsp3) is 0.294. The standard InChI is InChI=1S/C17H18O3/c1-4-13-5-7-14(8-6-13)16(18)10-17(19)15-9-11(2)20-12(15)3/h5-9H,4,10H2,1-3H3. The molecule has 0 aliphatic heterocycles. The summed E-state index contributed by atoms with van der Waals surface area (Å²) in [4.78, 5) is 24.2. The first-order valence-electron chi connectivity index (χ1n) is 6.73. The fourth-order valence-corrected chi connectivity index (χ4v) is 2.18. The highest BCUT2D eigenvalue weighted by Gasteiger charge is 2.17. The van der Waals surface area contributed by atoms with Crippen LogP contribution in [0, 0.1) is 13.8 Å². The molecule has 104 valence electrons. The van der Waals surface area contributed by atoms with E-state index in [0.29, 0.717) is 22.6 Å². The van der Waals surface area contributed by atoms with Crippen molar-refractivity contribution in [1.82, 2.24) is 0 Å². The maximum Gasteiger partial charge on any atom is 0.174 e. The molecule has 0 atom stereocenters. The summed E-state index contributed by atoms with van der Waals surface area (Å²) in [6.45, 7) is 5.58. The Labute approximate surface area is 118 Å². The quantitative estimate of drug-likeness (QED) is 0.611. The Morgan fingerprint density at radius 1 is 1.05 bits per heavy atom. The van der Waals surface area contributed by atoms with Crippen LogP contribution in [0.5, 0.6) is 0 Å². The third-order valence-electron chi connectivity index (χ3n) is 3.35. The van der Waals surface area contributed by atoms with Crippen molar-refractivity contribution in [3.63, 3.8) is 0 Å². The number of furan rings is 1. The van der Waals surface area contributed by atoms with Crippen LogP contribution in [0.2, 0.25) is 0 Å². The second kappa shape index (κ2) is 5.87. The van der Waals surface area contributed by atoms with Crippen molar-refractivity contribution in [2.24, 2.45) is 0 Å². The maximum absolute atomic E-state index is 12.1. The molecule has 2 aromatic rings. The molecule has 0 N–H and O–H groups in total. The highest BCUT2D eigenvalue weighted by atomic mass is 16.3. The lowest BCUT2D eigenvalue weighted by atomic mass is 10.0. The molecule has 0 fully saturated rings. The van der Waals surface area contributed by atoms with Gasteiger partial charge in [0.25, 0.3) is 0 Å². The van der Waals surface area contributed by atoms with Crippen molar-refractivity contribution in [2.45, 2.75) is 33.6 Å². The monoisotopic (exact) mass is 270 g/mol. The molecule has 2 rings (SSSR count). The van der Waals surface area contributed by atoms with E-state index in [-0.39, 0.29) is 18.0 Å². The van der Waals surface area contributed by atoms with Gasteiger partial charge in [-0.3, -0.25) is 9.59 Å². The van der Waals surface area contributed by atoms with Gasteiger partial charge in [-0.05, 0) is 31.9 Å². The van der Waals surface area contributed by atoms with Crippen LogP contribution in [0.3, 0.4) is 0 Å². The van der Waals surface area contributed by atoms with Crippen LogP contribution in [0.25, 0.3) is 0 Å². The first-order valence-corrected chi connectivity index (χ1v) is 6.73. The summed E-state index contributed by atoms with van der Waals surface area (Å²) >= 11 is 0. The lowest BCUT2D eigenvalue weighted by Crippen LogP contribution is -2.09. The number of rotatable bonds is 5. The van der Waals surface area contributed by atoms with Gasteiger partial charge in [-0.1, -0.05) is 31.2 Å². The molecular formula is C17H18O3. The van der Waals surface area contributed by atoms with Crippen LogP contribution in [-0.4, -0.2) is 11.6 Å². The van der Waals surface area contributed by atoms with Gasteiger partial charge in [-0.15, -0.1) is 0 Å². The van der Waals surface area contributed by atoms with E-state index in [2.05, 4.69) is 6.92 Å². The summed E-state index contributed by atoms with van der Waals surface area (Å²) in [7, 11) is 0. The van der Waals surface area contributed by atoms with Crippen molar-refractivity contribution in [2.75, 3.05) is 0 Å². The van der Waals surface area contributed by atoms with Gasteiger partial charge < -0.3 is 4.42 Å². The number of aryl methyl sites for hydroxylation is 3. The molecule has 0 saturated carbocycles. The van der Waals surface area contributed by atoms with Gasteiger partial charge in [0.2, 0.25) is 0 Å². The number of carbonyl (C=O) groups excluding carboxylic acids is 2. The van der Waals surface area contributed by atoms with Crippen molar-refractivity contribution in [1.29, 1.82) is 0 Å². The Kier molecular flexibility index (Phi) is 4.18. The predicted molar refractivity (Wildman–Crippen MR) is 77.3 cm³/mol. The minimum absolute atomic E-state index is 0.120. The van der Waals surface area contributed by atoms with Gasteiger partial charge in [0, 0.05) is 5.56 Å². The molecular weight excluding hydrogens is 252 g/mol. The minimum Gasteiger partial charge on any atom is -0.466 e. The number of Topliss-reactive ketones (excluding diaryl/α,β-unsaturated/α-hetero) is 2. The van der Waals surface area contributed by atoms with Gasteiger partial charge in [-0.2, -0.15) is 0 Å². The Balaban J connectivity index is 2.10. The average Bonchev–Trinajstić information content (AvgIpc) is 2.78. The van der Waals surface area contributed by atoms with Crippen LogP contribution in [0.4, 0.5) is 0 Å². The molecule has 3 heteroatoms. The molecule has 0 unspecified atom stereocenters. The SMILES string of the molecule is CCc1ccc(C(=O)CC(=O)c2cc(C)oc2C)cc1. The van der Waals surface area contributed by atoms with E-state index in [9.17, 15) is 9.59 Å². The minimum atomic E-state index is -0.191. The first kappa shape index (κ1) is 14.3. The van der Waals surface area contributed by atoms with Gasteiger partial charge in [0.05, 0.1) is 12.0 Å². The molecule has 0 spiro atoms. The highest BCUT2D eigenvalue weighted by Crippen LogP contribution is 2.17. The van der Waals surface area contributed by atoms with Crippen molar-refractivity contribution < 1.29 is 14.0 Å².